The lowest BCUT2D eigenvalue weighted by Crippen LogP contribution is -2.54. The molecule has 1 rings (SSSR count). The maximum absolute atomic E-state index is 9.38. The van der Waals surface area contributed by atoms with Crippen molar-refractivity contribution < 1.29 is 29.9 Å². The maximum atomic E-state index is 9.38. The van der Waals surface area contributed by atoms with Gasteiger partial charge in [0.1, 0.15) is 18.3 Å². The molecular formula is C8H16O6. The van der Waals surface area contributed by atoms with Gasteiger partial charge in [-0.2, -0.15) is 0 Å². The fraction of sp³-hybridized carbons (Fsp3) is 1.00. The predicted octanol–water partition coefficient (Wildman–Crippen LogP) is -2.18. The number of rotatable bonds is 3. The first kappa shape index (κ1) is 11.8. The van der Waals surface area contributed by atoms with Crippen molar-refractivity contribution in [2.45, 2.75) is 37.6 Å². The molecule has 0 radical (unpaired) electrons. The molecule has 84 valence electrons. The molecule has 14 heavy (non-hydrogen) atoms. The van der Waals surface area contributed by atoms with Crippen LogP contribution in [0.2, 0.25) is 0 Å². The van der Waals surface area contributed by atoms with Crippen molar-refractivity contribution in [2.24, 2.45) is 0 Å². The van der Waals surface area contributed by atoms with Crippen LogP contribution < -0.4 is 0 Å². The van der Waals surface area contributed by atoms with Crippen molar-refractivity contribution in [2.75, 3.05) is 13.2 Å². The van der Waals surface area contributed by atoms with Crippen molar-refractivity contribution >= 4 is 0 Å². The van der Waals surface area contributed by atoms with E-state index in [-0.39, 0.29) is 13.2 Å². The Bertz CT molecular complexity index is 173. The number of aliphatic hydroxyl groups is 4. The molecule has 1 aliphatic rings. The summed E-state index contributed by atoms with van der Waals surface area (Å²) in [4.78, 5) is 0. The minimum absolute atomic E-state index is 0.00451. The highest BCUT2D eigenvalue weighted by atomic mass is 16.7. The molecule has 0 spiro atoms. The van der Waals surface area contributed by atoms with E-state index in [9.17, 15) is 10.2 Å². The predicted molar refractivity (Wildman–Crippen MR) is 45.4 cm³/mol. The molecular weight excluding hydrogens is 192 g/mol. The van der Waals surface area contributed by atoms with Crippen LogP contribution in [0.4, 0.5) is 0 Å². The summed E-state index contributed by atoms with van der Waals surface area (Å²) in [5, 5.41) is 36.7. The van der Waals surface area contributed by atoms with Gasteiger partial charge in [-0.05, 0) is 6.92 Å². The average molecular weight is 208 g/mol. The fourth-order valence-corrected chi connectivity index (χ4v) is 1.16. The van der Waals surface area contributed by atoms with Crippen LogP contribution in [0.5, 0.6) is 0 Å². The summed E-state index contributed by atoms with van der Waals surface area (Å²) >= 11 is 0. The van der Waals surface area contributed by atoms with Gasteiger partial charge in [0.15, 0.2) is 6.29 Å². The Hall–Kier alpha value is -0.240. The van der Waals surface area contributed by atoms with E-state index in [2.05, 4.69) is 0 Å². The van der Waals surface area contributed by atoms with E-state index in [0.29, 0.717) is 0 Å². The molecule has 6 heteroatoms. The highest BCUT2D eigenvalue weighted by Crippen LogP contribution is 2.16. The molecule has 0 aromatic heterocycles. The molecule has 0 aromatic carbocycles. The zero-order chi connectivity index (χ0) is 10.7. The van der Waals surface area contributed by atoms with Gasteiger partial charge in [-0.15, -0.1) is 0 Å². The van der Waals surface area contributed by atoms with Gasteiger partial charge < -0.3 is 29.9 Å². The van der Waals surface area contributed by atoms with Crippen LogP contribution in [-0.2, 0) is 9.47 Å². The monoisotopic (exact) mass is 208 g/mol. The first-order valence-electron chi connectivity index (χ1n) is 4.48. The van der Waals surface area contributed by atoms with Crippen LogP contribution in [0.3, 0.4) is 0 Å². The van der Waals surface area contributed by atoms with Crippen LogP contribution in [0.1, 0.15) is 6.92 Å². The Labute approximate surface area is 81.7 Å². The van der Waals surface area contributed by atoms with Gasteiger partial charge in [-0.3, -0.25) is 0 Å². The van der Waals surface area contributed by atoms with Gasteiger partial charge in [0.05, 0.1) is 19.3 Å². The SMILES string of the molecule is CC(O)CO[C@@H]1OC[C@@H](O)[C@H](O)[C@@H]1O. The third kappa shape index (κ3) is 2.88. The molecule has 0 bridgehead atoms. The second-order valence-corrected chi connectivity index (χ2v) is 3.43. The minimum Gasteiger partial charge on any atom is -0.391 e. The maximum Gasteiger partial charge on any atom is 0.186 e. The molecule has 5 atom stereocenters. The largest absolute Gasteiger partial charge is 0.391 e. The average Bonchev–Trinajstić information content (AvgIpc) is 2.13. The fourth-order valence-electron chi connectivity index (χ4n) is 1.16. The van der Waals surface area contributed by atoms with Crippen LogP contribution in [-0.4, -0.2) is 64.3 Å². The zero-order valence-corrected chi connectivity index (χ0v) is 7.91. The van der Waals surface area contributed by atoms with Crippen molar-refractivity contribution in [1.29, 1.82) is 0 Å². The molecule has 1 unspecified atom stereocenters. The van der Waals surface area contributed by atoms with E-state index in [0.717, 1.165) is 0 Å². The Balaban J connectivity index is 2.39. The van der Waals surface area contributed by atoms with Gasteiger partial charge in [0, 0.05) is 0 Å². The molecule has 4 N–H and O–H groups in total. The minimum atomic E-state index is -1.29. The lowest BCUT2D eigenvalue weighted by Gasteiger charge is -2.35. The third-order valence-electron chi connectivity index (χ3n) is 1.96. The Morgan fingerprint density at radius 3 is 2.57 bits per heavy atom. The third-order valence-corrected chi connectivity index (χ3v) is 1.96. The second-order valence-electron chi connectivity index (χ2n) is 3.43. The second kappa shape index (κ2) is 5.01. The van der Waals surface area contributed by atoms with Crippen molar-refractivity contribution in [3.05, 3.63) is 0 Å². The topological polar surface area (TPSA) is 99.4 Å². The molecule has 0 amide bonds. The number of aliphatic hydroxyl groups excluding tert-OH is 4. The standard InChI is InChI=1S/C8H16O6/c1-4(9)2-13-8-7(12)6(11)5(10)3-14-8/h4-12H,2-3H2,1H3/t4?,5-,6+,7+,8-/m1/s1. The highest BCUT2D eigenvalue weighted by molar-refractivity contribution is 4.82. The summed E-state index contributed by atoms with van der Waals surface area (Å²) < 4.78 is 9.91. The van der Waals surface area contributed by atoms with Crippen molar-refractivity contribution in [1.82, 2.24) is 0 Å². The van der Waals surface area contributed by atoms with Crippen molar-refractivity contribution in [3.63, 3.8) is 0 Å². The number of ether oxygens (including phenoxy) is 2. The van der Waals surface area contributed by atoms with E-state index < -0.39 is 30.7 Å². The highest BCUT2D eigenvalue weighted by Gasteiger charge is 2.38. The smallest absolute Gasteiger partial charge is 0.186 e. The molecule has 6 nitrogen and oxygen atoms in total. The molecule has 1 saturated heterocycles. The molecule has 1 heterocycles. The summed E-state index contributed by atoms with van der Waals surface area (Å²) in [7, 11) is 0. The molecule has 1 fully saturated rings. The molecule has 0 saturated carbocycles. The Morgan fingerprint density at radius 2 is 2.00 bits per heavy atom. The van der Waals surface area contributed by atoms with Crippen LogP contribution in [0.25, 0.3) is 0 Å². The number of hydrogen-bond donors (Lipinski definition) is 4. The van der Waals surface area contributed by atoms with Crippen LogP contribution in [0.15, 0.2) is 0 Å². The Morgan fingerprint density at radius 1 is 1.36 bits per heavy atom. The van der Waals surface area contributed by atoms with Crippen molar-refractivity contribution in [3.8, 4) is 0 Å². The quantitative estimate of drug-likeness (QED) is 0.421. The lowest BCUT2D eigenvalue weighted by atomic mass is 10.1. The van der Waals surface area contributed by atoms with E-state index in [4.69, 9.17) is 19.7 Å². The van der Waals surface area contributed by atoms with E-state index in [1.54, 1.807) is 0 Å². The Kier molecular flexibility index (Phi) is 4.24. The van der Waals surface area contributed by atoms with E-state index in [1.807, 2.05) is 0 Å². The van der Waals surface area contributed by atoms with Gasteiger partial charge in [0.25, 0.3) is 0 Å². The summed E-state index contributed by atoms with van der Waals surface area (Å²) in [6, 6.07) is 0. The molecule has 1 aliphatic heterocycles. The number of hydrogen-bond acceptors (Lipinski definition) is 6. The van der Waals surface area contributed by atoms with Gasteiger partial charge >= 0.3 is 0 Å². The van der Waals surface area contributed by atoms with E-state index in [1.165, 1.54) is 6.92 Å². The summed E-state index contributed by atoms with van der Waals surface area (Å²) in [6.45, 7) is 1.44. The molecule has 0 aromatic rings. The first-order chi connectivity index (χ1) is 6.52. The van der Waals surface area contributed by atoms with Gasteiger partial charge in [0.2, 0.25) is 0 Å². The summed E-state index contributed by atoms with van der Waals surface area (Å²) in [5.41, 5.74) is 0. The summed E-state index contributed by atoms with van der Waals surface area (Å²) in [6.07, 6.45) is -5.34. The van der Waals surface area contributed by atoms with Crippen LogP contribution in [0, 0.1) is 0 Å². The zero-order valence-electron chi connectivity index (χ0n) is 7.91. The van der Waals surface area contributed by atoms with Gasteiger partial charge in [-0.1, -0.05) is 0 Å². The normalized spacial score (nSPS) is 40.9. The molecule has 0 aliphatic carbocycles. The van der Waals surface area contributed by atoms with E-state index >= 15 is 0 Å². The summed E-state index contributed by atoms with van der Waals surface area (Å²) in [5.74, 6) is 0. The van der Waals surface area contributed by atoms with Crippen LogP contribution >= 0.6 is 0 Å². The van der Waals surface area contributed by atoms with Gasteiger partial charge in [-0.25, -0.2) is 0 Å². The first-order valence-corrected chi connectivity index (χ1v) is 4.48. The lowest BCUT2D eigenvalue weighted by molar-refractivity contribution is -0.273.